The number of urea groups is 2. The molecule has 0 unspecified atom stereocenters. The van der Waals surface area contributed by atoms with Gasteiger partial charge in [0.2, 0.25) is 11.8 Å². The molecule has 0 bridgehead atoms. The van der Waals surface area contributed by atoms with Crippen LogP contribution in [0.2, 0.25) is 0 Å². The van der Waals surface area contributed by atoms with E-state index in [0.29, 0.717) is 95.7 Å². The number of ether oxygens (including phenoxy) is 3. The fourth-order valence-corrected chi connectivity index (χ4v) is 22.8. The highest BCUT2D eigenvalue weighted by molar-refractivity contribution is 5.97. The standard InChI is InChI=1S/C54H74N8O7.C53H72N8O6/c1-5-7-17-53(19-20-53)50(65)68-36-61-35-42-32-39(31-38(3)47(42)56-61)33-46(49(64)59-29-27-58(28-30-59)43-15-23-57(4)24-16-43)62(37-69-51(66)54(21-22-54)18-8-6-2)52(67)60-25-13-40(14-26-60)44-34-41-11-9-10-12-45(41)55-48(44)63;1-5-7-17-52(19-20-52)49(64)61-46-37(3)31-38(32-41(46)35-54-61)33-45(48(63)58-29-27-57(28-30-58)42-15-23-56(4)24-16-42)60(36-67-50(65)53(21-22-53)18-8-6-2)51(66)59-25-13-39(14-26-59)43-34-40-11-9-10-12-44(40)55-47(43)62/h9-12,31-32,34-35,40,43,46H,5-8,13-30,33,36-37H2,1-4H3,(H,55,63);9-12,31-32,34-35,39,42,45H,5-8,13-30,33,36H2,1-4H3,(H,55,62)/t46-;45-/m11/s1. The van der Waals surface area contributed by atoms with Gasteiger partial charge >= 0.3 is 30.0 Å². The number of unbranched alkanes of at least 4 members (excludes halogenated alkanes) is 4. The molecule has 6 saturated heterocycles. The molecule has 136 heavy (non-hydrogen) atoms. The van der Waals surface area contributed by atoms with E-state index in [1.165, 1.54) is 9.80 Å². The SMILES string of the molecule is CCCCC1(C(=O)OCN(C(=O)N2CCC(c3cc4ccccc4[nH]c3=O)CC2)[C@H](Cc2cc(C)c3c(cnn3C(=O)C3(CCCC)CC3)c2)C(=O)N2CCN(C3CCN(C)CC3)CC2)CC1.CCCCC1(C(=O)OCN(C(=O)N2CCC(c3cc4ccccc4[nH]c3=O)CC2)[C@H](Cc2cc(C)c3nn(COC(=O)C4(CCCC)CC4)cc3c2)C(=O)N2CCN(C3CCN(C)CC3)CC2)CC1. The molecule has 10 aliphatic rings. The van der Waals surface area contributed by atoms with Gasteiger partial charge in [0.15, 0.2) is 20.2 Å². The number of rotatable bonds is 34. The quantitative estimate of drug-likeness (QED) is 0.0215. The number of hydrogen-bond donors (Lipinski definition) is 2. The van der Waals surface area contributed by atoms with Gasteiger partial charge in [0.25, 0.3) is 17.0 Å². The summed E-state index contributed by atoms with van der Waals surface area (Å²) in [5, 5.41) is 13.0. The molecule has 6 amide bonds. The number of nitrogens with one attached hydrogen (secondary N) is 2. The van der Waals surface area contributed by atoms with Gasteiger partial charge in [-0.15, -0.1) is 0 Å². The van der Waals surface area contributed by atoms with Crippen molar-refractivity contribution in [3.05, 3.63) is 151 Å². The second-order valence-electron chi connectivity index (χ2n) is 42.0. The van der Waals surface area contributed by atoms with Gasteiger partial charge in [-0.25, -0.2) is 14.3 Å². The minimum absolute atomic E-state index is 0.0140. The number of carbonyl (C=O) groups excluding carboxylic acids is 8. The predicted octanol–water partition coefficient (Wildman–Crippen LogP) is 15.3. The number of aromatic nitrogens is 6. The van der Waals surface area contributed by atoms with E-state index in [-0.39, 0.29) is 115 Å². The third-order valence-electron chi connectivity index (χ3n) is 32.5. The molecule has 8 aromatic rings. The molecule has 4 aromatic heterocycles. The molecule has 4 saturated carbocycles. The van der Waals surface area contributed by atoms with E-state index in [2.05, 4.69) is 76.5 Å². The smallest absolute Gasteiger partial charge is 0.323 e. The van der Waals surface area contributed by atoms with Gasteiger partial charge in [0, 0.05) is 143 Å². The topological polar surface area (TPSA) is 298 Å². The zero-order chi connectivity index (χ0) is 95.2. The molecule has 29 heteroatoms. The number of carbonyl (C=O) groups is 8. The number of pyridine rings is 2. The van der Waals surface area contributed by atoms with Crippen LogP contribution in [0.4, 0.5) is 9.59 Å². The van der Waals surface area contributed by atoms with Crippen molar-refractivity contribution < 1.29 is 52.6 Å². The first-order valence-electron chi connectivity index (χ1n) is 51.6. The average molecular weight is 1860 g/mol. The van der Waals surface area contributed by atoms with E-state index >= 15 is 19.2 Å². The number of aryl methyl sites for hydroxylation is 2. The summed E-state index contributed by atoms with van der Waals surface area (Å²) in [6, 6.07) is 25.9. The Labute approximate surface area is 800 Å². The first-order valence-corrected chi connectivity index (χ1v) is 51.6. The molecule has 4 aromatic carbocycles. The number of amides is 6. The Balaban J connectivity index is 0.000000189. The summed E-state index contributed by atoms with van der Waals surface area (Å²) >= 11 is 0. The molecule has 0 spiro atoms. The number of fused-ring (bicyclic) bond motifs is 4. The van der Waals surface area contributed by atoms with Crippen molar-refractivity contribution in [2.45, 2.75) is 277 Å². The molecule has 10 heterocycles. The van der Waals surface area contributed by atoms with Crippen molar-refractivity contribution >= 4 is 91.3 Å². The molecule has 6 aliphatic heterocycles. The lowest BCUT2D eigenvalue weighted by molar-refractivity contribution is -0.158. The van der Waals surface area contributed by atoms with E-state index < -0.39 is 22.9 Å². The number of likely N-dealkylation sites (tertiary alicyclic amines) is 4. The van der Waals surface area contributed by atoms with Crippen LogP contribution in [0.25, 0.3) is 43.6 Å². The normalized spacial score (nSPS) is 20.4. The zero-order valence-corrected chi connectivity index (χ0v) is 81.9. The molecule has 4 aliphatic carbocycles. The summed E-state index contributed by atoms with van der Waals surface area (Å²) in [5.41, 5.74) is 6.03. The van der Waals surface area contributed by atoms with Crippen LogP contribution in [0.1, 0.15) is 257 Å². The molecule has 29 nitrogen and oxygen atoms in total. The maximum Gasteiger partial charge on any atom is 0.323 e. The molecule has 2 atom stereocenters. The number of hydrogen-bond acceptors (Lipinski definition) is 19. The van der Waals surface area contributed by atoms with Crippen molar-refractivity contribution in [3.8, 4) is 0 Å². The van der Waals surface area contributed by atoms with Gasteiger partial charge in [-0.05, 0) is 264 Å². The lowest BCUT2D eigenvalue weighted by Gasteiger charge is -2.44. The van der Waals surface area contributed by atoms with Crippen molar-refractivity contribution in [1.29, 1.82) is 0 Å². The number of H-pyrrole nitrogens is 2. The van der Waals surface area contributed by atoms with Crippen molar-refractivity contribution in [1.82, 2.24) is 78.5 Å². The van der Waals surface area contributed by atoms with Crippen LogP contribution in [0.15, 0.2) is 107 Å². The van der Waals surface area contributed by atoms with Crippen LogP contribution in [0.5, 0.6) is 0 Å². The van der Waals surface area contributed by atoms with E-state index in [4.69, 9.17) is 19.3 Å². The molecule has 18 rings (SSSR count). The Kier molecular flexibility index (Phi) is 30.4. The Hall–Kier alpha value is -10.4. The van der Waals surface area contributed by atoms with E-state index in [0.717, 1.165) is 278 Å². The first kappa shape index (κ1) is 97.3. The number of aromatic amines is 2. The summed E-state index contributed by atoms with van der Waals surface area (Å²) in [4.78, 5) is 169. The first-order chi connectivity index (χ1) is 65.8. The third-order valence-corrected chi connectivity index (χ3v) is 32.5. The third kappa shape index (κ3) is 21.9. The second kappa shape index (κ2) is 42.5. The summed E-state index contributed by atoms with van der Waals surface area (Å²) in [6.45, 7) is 22.8. The fourth-order valence-electron chi connectivity index (χ4n) is 22.8. The van der Waals surface area contributed by atoms with Gasteiger partial charge < -0.3 is 53.6 Å². The summed E-state index contributed by atoms with van der Waals surface area (Å²) in [5.74, 6) is -1.11. The lowest BCUT2D eigenvalue weighted by atomic mass is 9.89. The van der Waals surface area contributed by atoms with Crippen molar-refractivity contribution in [2.24, 2.45) is 21.7 Å². The summed E-state index contributed by atoms with van der Waals surface area (Å²) < 4.78 is 21.5. The largest absolute Gasteiger partial charge is 0.444 e. The zero-order valence-electron chi connectivity index (χ0n) is 81.9. The van der Waals surface area contributed by atoms with Gasteiger partial charge in [-0.1, -0.05) is 128 Å². The predicted molar refractivity (Wildman–Crippen MR) is 525 cm³/mol. The number of benzene rings is 4. The Morgan fingerprint density at radius 1 is 0.441 bits per heavy atom. The van der Waals surface area contributed by atoms with Gasteiger partial charge in [0.1, 0.15) is 12.1 Å². The van der Waals surface area contributed by atoms with E-state index in [9.17, 15) is 28.8 Å². The molecule has 2 N–H and O–H groups in total. The summed E-state index contributed by atoms with van der Waals surface area (Å²) in [6.07, 6.45) is 28.4. The molecule has 10 fully saturated rings. The molecule has 732 valence electrons. The van der Waals surface area contributed by atoms with Crippen molar-refractivity contribution in [2.75, 3.05) is 132 Å². The highest BCUT2D eigenvalue weighted by atomic mass is 16.6. The maximum atomic E-state index is 15.3. The monoisotopic (exact) mass is 1860 g/mol. The minimum atomic E-state index is -0.974. The van der Waals surface area contributed by atoms with Crippen LogP contribution in [0, 0.1) is 35.5 Å². The van der Waals surface area contributed by atoms with Crippen LogP contribution >= 0.6 is 0 Å². The summed E-state index contributed by atoms with van der Waals surface area (Å²) in [7, 11) is 4.34. The number of nitrogens with zero attached hydrogens (tertiary/aromatic N) is 14. The van der Waals surface area contributed by atoms with Crippen LogP contribution < -0.4 is 11.1 Å². The number of para-hydroxylation sites is 2. The average Bonchev–Trinajstić information content (AvgIpc) is 1.60. The Morgan fingerprint density at radius 2 is 0.831 bits per heavy atom. The van der Waals surface area contributed by atoms with Crippen LogP contribution in [-0.4, -0.2) is 283 Å². The van der Waals surface area contributed by atoms with Crippen LogP contribution in [0.3, 0.4) is 0 Å². The Bertz CT molecular complexity index is 5730. The number of piperazine rings is 2. The highest BCUT2D eigenvalue weighted by Gasteiger charge is 2.55. The van der Waals surface area contributed by atoms with E-state index in [1.54, 1.807) is 25.4 Å². The van der Waals surface area contributed by atoms with Gasteiger partial charge in [-0.3, -0.25) is 58.0 Å². The van der Waals surface area contributed by atoms with Crippen molar-refractivity contribution in [3.63, 3.8) is 0 Å². The second-order valence-corrected chi connectivity index (χ2v) is 42.0. The lowest BCUT2D eigenvalue weighted by Crippen LogP contribution is -2.60. The molecular formula is C107H146N16O13. The molecular weight excluding hydrogens is 1720 g/mol. The maximum absolute atomic E-state index is 15.3. The Morgan fingerprint density at radius 3 is 1.24 bits per heavy atom. The number of esters is 3. The highest BCUT2D eigenvalue weighted by Crippen LogP contribution is 2.54. The van der Waals surface area contributed by atoms with Gasteiger partial charge in [0.05, 0.1) is 38.9 Å². The van der Waals surface area contributed by atoms with Crippen LogP contribution in [-0.2, 0) is 57.8 Å². The fraction of sp³-hybridized carbons (Fsp3) is 0.626. The van der Waals surface area contributed by atoms with Gasteiger partial charge in [-0.2, -0.15) is 14.9 Å². The van der Waals surface area contributed by atoms with E-state index in [1.807, 2.05) is 115 Å². The minimum Gasteiger partial charge on any atom is -0.444 e. The number of piperidine rings is 4. The molecule has 0 radical (unpaired) electrons.